The average molecular weight is 296 g/mol. The summed E-state index contributed by atoms with van der Waals surface area (Å²) >= 11 is 0. The van der Waals surface area contributed by atoms with Gasteiger partial charge in [-0.25, -0.2) is 0 Å². The molecule has 116 valence electrons. The Labute approximate surface area is 133 Å². The smallest absolute Gasteiger partial charge is 0.253 e. The van der Waals surface area contributed by atoms with Gasteiger partial charge in [0.1, 0.15) is 0 Å². The standard InChI is InChI=1S/C19H24N2O/c1-4-21(14-13-16-9-6-5-7-10-16)19(22)17-11-8-12-18(15-17)20(2)3/h5-12,15H,4,13-14H2,1-3H3. The molecule has 0 fully saturated rings. The van der Waals surface area contributed by atoms with Gasteiger partial charge in [0.2, 0.25) is 0 Å². The minimum Gasteiger partial charge on any atom is -0.378 e. The van der Waals surface area contributed by atoms with Gasteiger partial charge in [-0.2, -0.15) is 0 Å². The first-order valence-electron chi connectivity index (χ1n) is 7.72. The molecular weight excluding hydrogens is 272 g/mol. The Kier molecular flexibility index (Phi) is 5.59. The van der Waals surface area contributed by atoms with E-state index in [0.29, 0.717) is 0 Å². The quantitative estimate of drug-likeness (QED) is 0.815. The SMILES string of the molecule is CCN(CCc1ccccc1)C(=O)c1cccc(N(C)C)c1. The molecule has 1 amide bonds. The van der Waals surface area contributed by atoms with Crippen molar-refractivity contribution in [3.8, 4) is 0 Å². The second kappa shape index (κ2) is 7.64. The van der Waals surface area contributed by atoms with E-state index in [-0.39, 0.29) is 5.91 Å². The number of amides is 1. The van der Waals surface area contributed by atoms with Gasteiger partial charge in [-0.1, -0.05) is 36.4 Å². The van der Waals surface area contributed by atoms with Gasteiger partial charge in [-0.3, -0.25) is 4.79 Å². The number of rotatable bonds is 6. The van der Waals surface area contributed by atoms with Gasteiger partial charge in [-0.05, 0) is 37.1 Å². The Morgan fingerprint density at radius 2 is 1.73 bits per heavy atom. The van der Waals surface area contributed by atoms with E-state index < -0.39 is 0 Å². The Bertz CT molecular complexity index is 608. The number of likely N-dealkylation sites (N-methyl/N-ethyl adjacent to an activating group) is 1. The number of carbonyl (C=O) groups is 1. The van der Waals surface area contributed by atoms with Crippen molar-refractivity contribution in [2.75, 3.05) is 32.1 Å². The molecule has 0 spiro atoms. The van der Waals surface area contributed by atoms with Crippen molar-refractivity contribution >= 4 is 11.6 Å². The topological polar surface area (TPSA) is 23.6 Å². The zero-order valence-corrected chi connectivity index (χ0v) is 13.6. The van der Waals surface area contributed by atoms with Crippen LogP contribution in [-0.4, -0.2) is 38.0 Å². The third kappa shape index (κ3) is 4.10. The average Bonchev–Trinajstić information content (AvgIpc) is 2.56. The molecule has 0 saturated heterocycles. The number of hydrogen-bond acceptors (Lipinski definition) is 2. The minimum absolute atomic E-state index is 0.0992. The highest BCUT2D eigenvalue weighted by atomic mass is 16.2. The molecule has 2 aromatic rings. The molecule has 22 heavy (non-hydrogen) atoms. The van der Waals surface area contributed by atoms with E-state index in [1.54, 1.807) is 0 Å². The molecule has 0 atom stereocenters. The van der Waals surface area contributed by atoms with E-state index in [1.807, 2.05) is 73.3 Å². The normalized spacial score (nSPS) is 10.3. The van der Waals surface area contributed by atoms with Crippen molar-refractivity contribution in [1.29, 1.82) is 0 Å². The summed E-state index contributed by atoms with van der Waals surface area (Å²) in [7, 11) is 3.97. The summed E-state index contributed by atoms with van der Waals surface area (Å²) in [5.41, 5.74) is 3.06. The van der Waals surface area contributed by atoms with Gasteiger partial charge < -0.3 is 9.80 Å². The molecule has 2 rings (SSSR count). The second-order valence-electron chi connectivity index (χ2n) is 5.57. The molecule has 0 aliphatic carbocycles. The zero-order valence-electron chi connectivity index (χ0n) is 13.6. The van der Waals surface area contributed by atoms with Crippen LogP contribution < -0.4 is 4.90 Å². The van der Waals surface area contributed by atoms with Gasteiger partial charge in [0.25, 0.3) is 5.91 Å². The highest BCUT2D eigenvalue weighted by Crippen LogP contribution is 2.15. The van der Waals surface area contributed by atoms with Gasteiger partial charge in [0, 0.05) is 38.4 Å². The first-order chi connectivity index (χ1) is 10.6. The van der Waals surface area contributed by atoms with Crippen LogP contribution in [-0.2, 0) is 6.42 Å². The Morgan fingerprint density at radius 3 is 2.36 bits per heavy atom. The number of hydrogen-bond donors (Lipinski definition) is 0. The fourth-order valence-corrected chi connectivity index (χ4v) is 2.41. The molecule has 3 heteroatoms. The number of carbonyl (C=O) groups excluding carboxylic acids is 1. The van der Waals surface area contributed by atoms with Crippen molar-refractivity contribution in [3.05, 3.63) is 65.7 Å². The van der Waals surface area contributed by atoms with Crippen LogP contribution in [0.5, 0.6) is 0 Å². The van der Waals surface area contributed by atoms with Gasteiger partial charge in [0.15, 0.2) is 0 Å². The maximum absolute atomic E-state index is 12.7. The van der Waals surface area contributed by atoms with E-state index in [9.17, 15) is 4.79 Å². The molecule has 3 nitrogen and oxygen atoms in total. The summed E-state index contributed by atoms with van der Waals surface area (Å²) in [4.78, 5) is 16.6. The lowest BCUT2D eigenvalue weighted by molar-refractivity contribution is 0.0766. The largest absolute Gasteiger partial charge is 0.378 e. The first-order valence-corrected chi connectivity index (χ1v) is 7.72. The first kappa shape index (κ1) is 16.1. The Hall–Kier alpha value is -2.29. The van der Waals surface area contributed by atoms with E-state index in [2.05, 4.69) is 12.1 Å². The molecular formula is C19H24N2O. The van der Waals surface area contributed by atoms with Gasteiger partial charge in [0.05, 0.1) is 0 Å². The lowest BCUT2D eigenvalue weighted by atomic mass is 10.1. The molecule has 0 aromatic heterocycles. The van der Waals surface area contributed by atoms with Crippen LogP contribution in [0.15, 0.2) is 54.6 Å². The van der Waals surface area contributed by atoms with Gasteiger partial charge in [-0.15, -0.1) is 0 Å². The van der Waals surface area contributed by atoms with E-state index >= 15 is 0 Å². The van der Waals surface area contributed by atoms with Crippen molar-refractivity contribution in [2.45, 2.75) is 13.3 Å². The maximum Gasteiger partial charge on any atom is 0.253 e. The van der Waals surface area contributed by atoms with Crippen LogP contribution in [0.1, 0.15) is 22.8 Å². The van der Waals surface area contributed by atoms with Crippen molar-refractivity contribution in [2.24, 2.45) is 0 Å². The molecule has 0 N–H and O–H groups in total. The van der Waals surface area contributed by atoms with E-state index in [1.165, 1.54) is 5.56 Å². The highest BCUT2D eigenvalue weighted by molar-refractivity contribution is 5.95. The summed E-state index contributed by atoms with van der Waals surface area (Å²) in [6.07, 6.45) is 0.883. The Balaban J connectivity index is 2.06. The van der Waals surface area contributed by atoms with Gasteiger partial charge >= 0.3 is 0 Å². The highest BCUT2D eigenvalue weighted by Gasteiger charge is 2.14. The third-order valence-electron chi connectivity index (χ3n) is 3.79. The fourth-order valence-electron chi connectivity index (χ4n) is 2.41. The van der Waals surface area contributed by atoms with Crippen LogP contribution in [0, 0.1) is 0 Å². The molecule has 0 heterocycles. The molecule has 0 aliphatic heterocycles. The van der Waals surface area contributed by atoms with Crippen molar-refractivity contribution in [1.82, 2.24) is 4.90 Å². The zero-order chi connectivity index (χ0) is 15.9. The van der Waals surface area contributed by atoms with E-state index in [4.69, 9.17) is 0 Å². The summed E-state index contributed by atoms with van der Waals surface area (Å²) < 4.78 is 0. The molecule has 0 radical (unpaired) electrons. The molecule has 0 unspecified atom stereocenters. The van der Waals surface area contributed by atoms with Crippen LogP contribution in [0.3, 0.4) is 0 Å². The minimum atomic E-state index is 0.0992. The number of benzene rings is 2. The predicted molar refractivity (Wildman–Crippen MR) is 92.5 cm³/mol. The molecule has 0 saturated carbocycles. The monoisotopic (exact) mass is 296 g/mol. The van der Waals surface area contributed by atoms with E-state index in [0.717, 1.165) is 30.8 Å². The second-order valence-corrected chi connectivity index (χ2v) is 5.57. The van der Waals surface area contributed by atoms with Crippen LogP contribution >= 0.6 is 0 Å². The van der Waals surface area contributed by atoms with Crippen LogP contribution in [0.4, 0.5) is 5.69 Å². The van der Waals surface area contributed by atoms with Crippen LogP contribution in [0.25, 0.3) is 0 Å². The van der Waals surface area contributed by atoms with Crippen LogP contribution in [0.2, 0.25) is 0 Å². The van der Waals surface area contributed by atoms with Crippen molar-refractivity contribution < 1.29 is 4.79 Å². The van der Waals surface area contributed by atoms with Crippen molar-refractivity contribution in [3.63, 3.8) is 0 Å². The molecule has 2 aromatic carbocycles. The Morgan fingerprint density at radius 1 is 1.00 bits per heavy atom. The lowest BCUT2D eigenvalue weighted by Crippen LogP contribution is -2.32. The number of nitrogens with zero attached hydrogens (tertiary/aromatic N) is 2. The maximum atomic E-state index is 12.7. The number of anilines is 1. The fraction of sp³-hybridized carbons (Fsp3) is 0.316. The summed E-state index contributed by atoms with van der Waals surface area (Å²) in [6, 6.07) is 18.1. The summed E-state index contributed by atoms with van der Waals surface area (Å²) in [6.45, 7) is 3.49. The predicted octanol–water partition coefficient (Wildman–Crippen LogP) is 3.46. The molecule has 0 aliphatic rings. The third-order valence-corrected chi connectivity index (χ3v) is 3.79. The molecule has 0 bridgehead atoms. The summed E-state index contributed by atoms with van der Waals surface area (Å²) in [5, 5.41) is 0. The lowest BCUT2D eigenvalue weighted by Gasteiger charge is -2.22. The summed E-state index contributed by atoms with van der Waals surface area (Å²) in [5.74, 6) is 0.0992.